The number of carbonyl (C=O) groups excluding carboxylic acids is 1. The van der Waals surface area contributed by atoms with E-state index in [2.05, 4.69) is 34.9 Å². The molecule has 0 spiro atoms. The second kappa shape index (κ2) is 5.69. The van der Waals surface area contributed by atoms with Gasteiger partial charge in [0.2, 0.25) is 0 Å². The second-order valence-electron chi connectivity index (χ2n) is 6.39. The average Bonchev–Trinajstić information content (AvgIpc) is 2.52. The number of hydrogen-bond acceptors (Lipinski definition) is 2. The SMILES string of the molecule is CC(C)(C=O)CN1Cc2ccccc2C#Cc2ccccc21. The van der Waals surface area contributed by atoms with Gasteiger partial charge in [-0.2, -0.15) is 0 Å². The summed E-state index contributed by atoms with van der Waals surface area (Å²) in [5.41, 5.74) is 3.98. The van der Waals surface area contributed by atoms with Crippen LogP contribution in [0, 0.1) is 17.3 Å². The molecule has 2 heteroatoms. The van der Waals surface area contributed by atoms with Crippen molar-refractivity contribution in [3.05, 3.63) is 65.2 Å². The Hall–Kier alpha value is -2.53. The van der Waals surface area contributed by atoms with Gasteiger partial charge in [-0.25, -0.2) is 0 Å². The first-order chi connectivity index (χ1) is 10.6. The van der Waals surface area contributed by atoms with Crippen molar-refractivity contribution in [3.63, 3.8) is 0 Å². The summed E-state index contributed by atoms with van der Waals surface area (Å²) in [6.45, 7) is 5.38. The molecular weight excluding hydrogens is 270 g/mol. The van der Waals surface area contributed by atoms with Crippen molar-refractivity contribution in [2.24, 2.45) is 5.41 Å². The highest BCUT2D eigenvalue weighted by Crippen LogP contribution is 2.28. The summed E-state index contributed by atoms with van der Waals surface area (Å²) in [4.78, 5) is 13.6. The molecule has 0 aromatic heterocycles. The van der Waals surface area contributed by atoms with Crippen LogP contribution in [-0.4, -0.2) is 12.8 Å². The Labute approximate surface area is 131 Å². The second-order valence-corrected chi connectivity index (χ2v) is 6.39. The van der Waals surface area contributed by atoms with Crippen molar-refractivity contribution in [2.75, 3.05) is 11.4 Å². The number of aldehydes is 1. The zero-order valence-electron chi connectivity index (χ0n) is 13.0. The molecule has 0 saturated heterocycles. The Bertz CT molecular complexity index is 765. The van der Waals surface area contributed by atoms with Crippen LogP contribution in [0.3, 0.4) is 0 Å². The van der Waals surface area contributed by atoms with Gasteiger partial charge in [0.15, 0.2) is 0 Å². The van der Waals surface area contributed by atoms with Gasteiger partial charge in [-0.05, 0) is 23.8 Å². The summed E-state index contributed by atoms with van der Waals surface area (Å²) in [6.07, 6.45) is 1.03. The van der Waals surface area contributed by atoms with Crippen molar-refractivity contribution < 1.29 is 4.79 Å². The molecule has 1 aliphatic rings. The van der Waals surface area contributed by atoms with Gasteiger partial charge in [-0.3, -0.25) is 0 Å². The molecule has 1 aliphatic heterocycles. The first kappa shape index (κ1) is 14.4. The van der Waals surface area contributed by atoms with Gasteiger partial charge in [0.05, 0.1) is 5.69 Å². The van der Waals surface area contributed by atoms with E-state index in [9.17, 15) is 4.79 Å². The van der Waals surface area contributed by atoms with Crippen molar-refractivity contribution in [1.82, 2.24) is 0 Å². The first-order valence-corrected chi connectivity index (χ1v) is 7.49. The summed E-state index contributed by atoms with van der Waals surface area (Å²) in [5, 5.41) is 0. The minimum atomic E-state index is -0.394. The molecule has 0 unspecified atom stereocenters. The third kappa shape index (κ3) is 2.89. The van der Waals surface area contributed by atoms with Gasteiger partial charge < -0.3 is 9.69 Å². The van der Waals surface area contributed by atoms with Crippen LogP contribution in [0.15, 0.2) is 48.5 Å². The van der Waals surface area contributed by atoms with Gasteiger partial charge in [-0.15, -0.1) is 0 Å². The van der Waals surface area contributed by atoms with E-state index < -0.39 is 5.41 Å². The zero-order chi connectivity index (χ0) is 15.6. The lowest BCUT2D eigenvalue weighted by molar-refractivity contribution is -0.114. The molecular formula is C20H19NO. The van der Waals surface area contributed by atoms with Gasteiger partial charge in [0.25, 0.3) is 0 Å². The zero-order valence-corrected chi connectivity index (χ0v) is 13.0. The first-order valence-electron chi connectivity index (χ1n) is 7.49. The average molecular weight is 289 g/mol. The predicted octanol–water partition coefficient (Wildman–Crippen LogP) is 3.63. The van der Waals surface area contributed by atoms with E-state index in [1.165, 1.54) is 5.56 Å². The molecule has 0 atom stereocenters. The summed E-state index contributed by atoms with van der Waals surface area (Å²) in [7, 11) is 0. The van der Waals surface area contributed by atoms with E-state index in [0.29, 0.717) is 6.54 Å². The largest absolute Gasteiger partial charge is 0.365 e. The number of carbonyl (C=O) groups is 1. The molecule has 0 fully saturated rings. The number of fused-ring (bicyclic) bond motifs is 2. The fourth-order valence-corrected chi connectivity index (χ4v) is 2.73. The lowest BCUT2D eigenvalue weighted by Crippen LogP contribution is -2.35. The third-order valence-electron chi connectivity index (χ3n) is 3.87. The van der Waals surface area contributed by atoms with Crippen LogP contribution in [0.25, 0.3) is 0 Å². The highest BCUT2D eigenvalue weighted by molar-refractivity contribution is 5.66. The molecule has 0 saturated carbocycles. The minimum Gasteiger partial charge on any atom is -0.365 e. The van der Waals surface area contributed by atoms with Crippen LogP contribution in [0.4, 0.5) is 5.69 Å². The molecule has 1 heterocycles. The minimum absolute atomic E-state index is 0.394. The van der Waals surface area contributed by atoms with E-state index in [4.69, 9.17) is 0 Å². The summed E-state index contributed by atoms with van der Waals surface area (Å²) >= 11 is 0. The molecule has 2 aromatic carbocycles. The maximum Gasteiger partial charge on any atom is 0.127 e. The predicted molar refractivity (Wildman–Crippen MR) is 89.8 cm³/mol. The smallest absolute Gasteiger partial charge is 0.127 e. The van der Waals surface area contributed by atoms with Crippen molar-refractivity contribution in [1.29, 1.82) is 0 Å². The maximum atomic E-state index is 11.4. The maximum absolute atomic E-state index is 11.4. The lowest BCUT2D eigenvalue weighted by Gasteiger charge is -2.32. The van der Waals surface area contributed by atoms with Crippen LogP contribution in [0.1, 0.15) is 30.5 Å². The molecule has 2 aromatic rings. The fourth-order valence-electron chi connectivity index (χ4n) is 2.73. The van der Waals surface area contributed by atoms with Gasteiger partial charge in [0.1, 0.15) is 6.29 Å². The number of anilines is 1. The van der Waals surface area contributed by atoms with E-state index in [1.54, 1.807) is 0 Å². The van der Waals surface area contributed by atoms with E-state index >= 15 is 0 Å². The number of nitrogens with zero attached hydrogens (tertiary/aromatic N) is 1. The molecule has 3 rings (SSSR count). The van der Waals surface area contributed by atoms with Crippen LogP contribution in [0.2, 0.25) is 0 Å². The molecule has 110 valence electrons. The molecule has 22 heavy (non-hydrogen) atoms. The van der Waals surface area contributed by atoms with E-state index in [-0.39, 0.29) is 0 Å². The number of rotatable bonds is 3. The summed E-state index contributed by atoms with van der Waals surface area (Å²) < 4.78 is 0. The van der Waals surface area contributed by atoms with Crippen molar-refractivity contribution in [2.45, 2.75) is 20.4 Å². The lowest BCUT2D eigenvalue weighted by atomic mass is 9.93. The molecule has 0 bridgehead atoms. The fraction of sp³-hybridized carbons (Fsp3) is 0.250. The Balaban J connectivity index is 2.11. The Morgan fingerprint density at radius 1 is 1.05 bits per heavy atom. The number of benzene rings is 2. The third-order valence-corrected chi connectivity index (χ3v) is 3.87. The van der Waals surface area contributed by atoms with E-state index in [0.717, 1.165) is 29.6 Å². The van der Waals surface area contributed by atoms with Crippen LogP contribution < -0.4 is 4.90 Å². The van der Waals surface area contributed by atoms with Gasteiger partial charge in [0, 0.05) is 29.6 Å². The molecule has 0 radical (unpaired) electrons. The summed E-state index contributed by atoms with van der Waals surface area (Å²) in [5.74, 6) is 6.55. The molecule has 0 amide bonds. The standard InChI is InChI=1S/C20H19NO/c1-20(2,15-22)14-21-13-18-9-4-3-7-16(18)11-12-17-8-5-6-10-19(17)21/h3-10,15H,13-14H2,1-2H3. The Morgan fingerprint density at radius 2 is 1.68 bits per heavy atom. The van der Waals surface area contributed by atoms with Gasteiger partial charge >= 0.3 is 0 Å². The van der Waals surface area contributed by atoms with Gasteiger partial charge in [-0.1, -0.05) is 56.0 Å². The van der Waals surface area contributed by atoms with Crippen molar-refractivity contribution in [3.8, 4) is 11.8 Å². The monoisotopic (exact) mass is 289 g/mol. The topological polar surface area (TPSA) is 20.3 Å². The molecule has 2 nitrogen and oxygen atoms in total. The van der Waals surface area contributed by atoms with Crippen LogP contribution >= 0.6 is 0 Å². The summed E-state index contributed by atoms with van der Waals surface area (Å²) in [6, 6.07) is 16.4. The Kier molecular flexibility index (Phi) is 3.73. The normalized spacial score (nSPS) is 13.1. The van der Waals surface area contributed by atoms with Crippen LogP contribution in [-0.2, 0) is 11.3 Å². The van der Waals surface area contributed by atoms with Crippen molar-refractivity contribution >= 4 is 12.0 Å². The quantitative estimate of drug-likeness (QED) is 0.635. The highest BCUT2D eigenvalue weighted by Gasteiger charge is 2.23. The highest BCUT2D eigenvalue weighted by atomic mass is 16.1. The number of hydrogen-bond donors (Lipinski definition) is 0. The molecule has 0 aliphatic carbocycles. The van der Waals surface area contributed by atoms with Crippen LogP contribution in [0.5, 0.6) is 0 Å². The van der Waals surface area contributed by atoms with E-state index in [1.807, 2.05) is 44.2 Å². The molecule has 0 N–H and O–H groups in total. The Morgan fingerprint density at radius 3 is 2.45 bits per heavy atom. The number of para-hydroxylation sites is 1.